The van der Waals surface area contributed by atoms with Crippen molar-refractivity contribution in [2.24, 2.45) is 5.92 Å². The highest BCUT2D eigenvalue weighted by Gasteiger charge is 2.37. The average Bonchev–Trinajstić information content (AvgIpc) is 2.61. The van der Waals surface area contributed by atoms with Crippen LogP contribution in [0.25, 0.3) is 0 Å². The van der Waals surface area contributed by atoms with E-state index in [1.54, 1.807) is 0 Å². The second-order valence-electron chi connectivity index (χ2n) is 6.44. The van der Waals surface area contributed by atoms with Gasteiger partial charge in [-0.25, -0.2) is 0 Å². The van der Waals surface area contributed by atoms with Crippen LogP contribution in [0.1, 0.15) is 39.5 Å². The van der Waals surface area contributed by atoms with Gasteiger partial charge in [-0.1, -0.05) is 0 Å². The molecule has 2 heterocycles. The molecule has 2 aliphatic rings. The molecule has 4 heteroatoms. The van der Waals surface area contributed by atoms with Crippen LogP contribution in [0.2, 0.25) is 0 Å². The minimum Gasteiger partial charge on any atom is -0.337 e. The molecule has 1 amide bonds. The van der Waals surface area contributed by atoms with Crippen molar-refractivity contribution in [3.8, 4) is 0 Å². The second-order valence-corrected chi connectivity index (χ2v) is 6.44. The first-order chi connectivity index (χ1) is 8.38. The highest BCUT2D eigenvalue weighted by Crippen LogP contribution is 2.28. The molecular formula is C14H24N2O2. The van der Waals surface area contributed by atoms with E-state index in [1.807, 2.05) is 18.7 Å². The van der Waals surface area contributed by atoms with Crippen LogP contribution in [0.15, 0.2) is 0 Å². The molecule has 2 fully saturated rings. The minimum absolute atomic E-state index is 0.229. The maximum absolute atomic E-state index is 12.4. The number of amides is 1. The lowest BCUT2D eigenvalue weighted by Gasteiger charge is -2.42. The summed E-state index contributed by atoms with van der Waals surface area (Å²) in [5.41, 5.74) is -0.295. The molecule has 2 aliphatic heterocycles. The zero-order chi connectivity index (χ0) is 13.3. The fourth-order valence-electron chi connectivity index (χ4n) is 3.22. The number of ketones is 1. The van der Waals surface area contributed by atoms with E-state index in [0.717, 1.165) is 19.5 Å². The zero-order valence-electron chi connectivity index (χ0n) is 11.7. The van der Waals surface area contributed by atoms with Crippen molar-refractivity contribution in [2.45, 2.75) is 45.1 Å². The monoisotopic (exact) mass is 252 g/mol. The molecule has 1 unspecified atom stereocenters. The second kappa shape index (κ2) is 5.00. The lowest BCUT2D eigenvalue weighted by molar-refractivity contribution is -0.142. The highest BCUT2D eigenvalue weighted by atomic mass is 16.2. The van der Waals surface area contributed by atoms with Crippen molar-refractivity contribution in [3.05, 3.63) is 0 Å². The van der Waals surface area contributed by atoms with Crippen LogP contribution in [0.4, 0.5) is 0 Å². The fourth-order valence-corrected chi connectivity index (χ4v) is 3.22. The number of carbonyl (C=O) groups is 2. The Hall–Kier alpha value is -0.900. The molecule has 0 aromatic heterocycles. The summed E-state index contributed by atoms with van der Waals surface area (Å²) in [5.74, 6) is 1.01. The van der Waals surface area contributed by atoms with E-state index in [9.17, 15) is 9.59 Å². The SMILES string of the molecule is CN1CCC(CC(=O)N2CCC(=O)CC2(C)C)C1. The van der Waals surface area contributed by atoms with E-state index in [4.69, 9.17) is 0 Å². The van der Waals surface area contributed by atoms with Crippen molar-refractivity contribution < 1.29 is 9.59 Å². The molecule has 18 heavy (non-hydrogen) atoms. The predicted octanol–water partition coefficient (Wildman–Crippen LogP) is 1.30. The Kier molecular flexibility index (Phi) is 3.76. The maximum Gasteiger partial charge on any atom is 0.223 e. The first-order valence-corrected chi connectivity index (χ1v) is 6.89. The Morgan fingerprint density at radius 3 is 2.67 bits per heavy atom. The third-order valence-corrected chi connectivity index (χ3v) is 4.23. The third kappa shape index (κ3) is 2.91. The van der Waals surface area contributed by atoms with Crippen LogP contribution in [0, 0.1) is 5.92 Å². The molecule has 2 rings (SSSR count). The first-order valence-electron chi connectivity index (χ1n) is 6.89. The number of piperidine rings is 1. The van der Waals surface area contributed by atoms with Gasteiger partial charge in [-0.05, 0) is 39.8 Å². The van der Waals surface area contributed by atoms with E-state index in [-0.39, 0.29) is 17.2 Å². The van der Waals surface area contributed by atoms with Gasteiger partial charge in [-0.15, -0.1) is 0 Å². The Labute approximate surface area is 109 Å². The van der Waals surface area contributed by atoms with Crippen LogP contribution in [-0.4, -0.2) is 53.7 Å². The molecule has 1 atom stereocenters. The Morgan fingerprint density at radius 1 is 1.39 bits per heavy atom. The van der Waals surface area contributed by atoms with Crippen molar-refractivity contribution in [1.82, 2.24) is 9.80 Å². The highest BCUT2D eigenvalue weighted by molar-refractivity contribution is 5.85. The zero-order valence-corrected chi connectivity index (χ0v) is 11.7. The Bertz CT molecular complexity index is 352. The summed E-state index contributed by atoms with van der Waals surface area (Å²) in [6.07, 6.45) is 2.79. The number of rotatable bonds is 2. The molecule has 0 spiro atoms. The summed E-state index contributed by atoms with van der Waals surface area (Å²) in [7, 11) is 2.11. The number of nitrogens with zero attached hydrogens (tertiary/aromatic N) is 2. The smallest absolute Gasteiger partial charge is 0.223 e. The molecule has 0 aromatic rings. The van der Waals surface area contributed by atoms with Crippen LogP contribution in [0.3, 0.4) is 0 Å². The summed E-state index contributed by atoms with van der Waals surface area (Å²) >= 11 is 0. The van der Waals surface area contributed by atoms with Gasteiger partial charge in [0.2, 0.25) is 5.91 Å². The number of hydrogen-bond donors (Lipinski definition) is 0. The van der Waals surface area contributed by atoms with Crippen LogP contribution in [0.5, 0.6) is 0 Å². The normalized spacial score (nSPS) is 28.7. The maximum atomic E-state index is 12.4. The average molecular weight is 252 g/mol. The van der Waals surface area contributed by atoms with Crippen molar-refractivity contribution in [3.63, 3.8) is 0 Å². The predicted molar refractivity (Wildman–Crippen MR) is 70.3 cm³/mol. The van der Waals surface area contributed by atoms with Gasteiger partial charge in [0.1, 0.15) is 5.78 Å². The van der Waals surface area contributed by atoms with Gasteiger partial charge in [0.15, 0.2) is 0 Å². The minimum atomic E-state index is -0.295. The molecule has 4 nitrogen and oxygen atoms in total. The van der Waals surface area contributed by atoms with Gasteiger partial charge >= 0.3 is 0 Å². The largest absolute Gasteiger partial charge is 0.337 e. The van der Waals surface area contributed by atoms with Crippen LogP contribution >= 0.6 is 0 Å². The van der Waals surface area contributed by atoms with Crippen LogP contribution < -0.4 is 0 Å². The van der Waals surface area contributed by atoms with Gasteiger partial charge < -0.3 is 9.80 Å². The molecule has 0 radical (unpaired) electrons. The van der Waals surface area contributed by atoms with Gasteiger partial charge in [0.05, 0.1) is 0 Å². The molecule has 0 aromatic carbocycles. The standard InChI is InChI=1S/C14H24N2O2/c1-14(2)9-12(17)5-7-16(14)13(18)8-11-4-6-15(3)10-11/h11H,4-10H2,1-3H3. The topological polar surface area (TPSA) is 40.6 Å². The first kappa shape index (κ1) is 13.5. The molecule has 2 saturated heterocycles. The summed E-state index contributed by atoms with van der Waals surface area (Å²) < 4.78 is 0. The number of Topliss-reactive ketones (excluding diaryl/α,β-unsaturated/α-hetero) is 1. The van der Waals surface area contributed by atoms with Crippen molar-refractivity contribution in [1.29, 1.82) is 0 Å². The summed E-state index contributed by atoms with van der Waals surface area (Å²) in [6.45, 7) is 6.73. The van der Waals surface area contributed by atoms with Crippen molar-refractivity contribution >= 4 is 11.7 Å². The van der Waals surface area contributed by atoms with Gasteiger partial charge in [-0.3, -0.25) is 9.59 Å². The van der Waals surface area contributed by atoms with Gasteiger partial charge in [0.25, 0.3) is 0 Å². The fraction of sp³-hybridized carbons (Fsp3) is 0.857. The van der Waals surface area contributed by atoms with E-state index in [0.29, 0.717) is 31.7 Å². The summed E-state index contributed by atoms with van der Waals surface area (Å²) in [4.78, 5) is 28.1. The van der Waals surface area contributed by atoms with Crippen LogP contribution in [-0.2, 0) is 9.59 Å². The van der Waals surface area contributed by atoms with E-state index >= 15 is 0 Å². The van der Waals surface area contributed by atoms with E-state index in [2.05, 4.69) is 11.9 Å². The number of carbonyl (C=O) groups excluding carboxylic acids is 2. The summed E-state index contributed by atoms with van der Waals surface area (Å²) in [5, 5.41) is 0. The molecule has 0 aliphatic carbocycles. The van der Waals surface area contributed by atoms with Gasteiger partial charge in [-0.2, -0.15) is 0 Å². The number of hydrogen-bond acceptors (Lipinski definition) is 3. The molecular weight excluding hydrogens is 228 g/mol. The molecule has 0 saturated carbocycles. The number of likely N-dealkylation sites (tertiary alicyclic amines) is 2. The van der Waals surface area contributed by atoms with E-state index < -0.39 is 0 Å². The Morgan fingerprint density at radius 2 is 2.11 bits per heavy atom. The van der Waals surface area contributed by atoms with E-state index in [1.165, 1.54) is 0 Å². The van der Waals surface area contributed by atoms with Gasteiger partial charge in [0, 0.05) is 37.9 Å². The molecule has 0 bridgehead atoms. The van der Waals surface area contributed by atoms with Crippen molar-refractivity contribution in [2.75, 3.05) is 26.7 Å². The lowest BCUT2D eigenvalue weighted by atomic mass is 9.88. The molecule has 102 valence electrons. The summed E-state index contributed by atoms with van der Waals surface area (Å²) in [6, 6.07) is 0. The lowest BCUT2D eigenvalue weighted by Crippen LogP contribution is -2.53. The Balaban J connectivity index is 1.94. The molecule has 0 N–H and O–H groups in total. The third-order valence-electron chi connectivity index (χ3n) is 4.23. The quantitative estimate of drug-likeness (QED) is 0.744.